The van der Waals surface area contributed by atoms with Crippen LogP contribution < -0.4 is 0 Å². The Morgan fingerprint density at radius 1 is 1.50 bits per heavy atom. The van der Waals surface area contributed by atoms with Crippen LogP contribution in [-0.4, -0.2) is 37.6 Å². The maximum absolute atomic E-state index is 14.0. The first-order valence-corrected chi connectivity index (χ1v) is 8.15. The fraction of sp³-hybridized carbons (Fsp3) is 0.588. The molecule has 1 amide bonds. The molecule has 1 atom stereocenters. The number of likely N-dealkylation sites (tertiary alicyclic amines) is 1. The lowest BCUT2D eigenvalue weighted by atomic mass is 9.93. The van der Waals surface area contributed by atoms with Gasteiger partial charge in [0.25, 0.3) is 5.91 Å². The highest BCUT2D eigenvalue weighted by atomic mass is 35.5. The summed E-state index contributed by atoms with van der Waals surface area (Å²) in [6.07, 6.45) is 4.08. The largest absolute Gasteiger partial charge is 0.385 e. The third-order valence-electron chi connectivity index (χ3n) is 4.27. The smallest absolute Gasteiger partial charge is 0.258 e. The van der Waals surface area contributed by atoms with E-state index in [-0.39, 0.29) is 16.5 Å². The van der Waals surface area contributed by atoms with Gasteiger partial charge in [-0.2, -0.15) is 0 Å². The molecule has 0 saturated carbocycles. The average Bonchev–Trinajstić information content (AvgIpc) is 2.52. The molecule has 0 aromatic heterocycles. The van der Waals surface area contributed by atoms with Crippen molar-refractivity contribution in [3.63, 3.8) is 0 Å². The summed E-state index contributed by atoms with van der Waals surface area (Å²) in [7, 11) is 1.69. The molecule has 1 fully saturated rings. The summed E-state index contributed by atoms with van der Waals surface area (Å²) < 4.78 is 19.1. The zero-order chi connectivity index (χ0) is 16.1. The molecule has 3 nitrogen and oxygen atoms in total. The summed E-state index contributed by atoms with van der Waals surface area (Å²) in [5.74, 6) is -0.371. The van der Waals surface area contributed by atoms with E-state index in [1.54, 1.807) is 25.0 Å². The Bertz CT molecular complexity index is 536. The van der Waals surface area contributed by atoms with Crippen LogP contribution in [0.15, 0.2) is 12.1 Å². The summed E-state index contributed by atoms with van der Waals surface area (Å²) in [6, 6.07) is 2.91. The van der Waals surface area contributed by atoms with Crippen molar-refractivity contribution >= 4 is 17.5 Å². The van der Waals surface area contributed by atoms with Crippen LogP contribution in [0.2, 0.25) is 5.02 Å². The SMILES string of the molecule is COCCC[C@H]1CCCN(C(=O)c2c(F)ccc(C)c2Cl)C1. The number of benzene rings is 1. The number of piperidine rings is 1. The molecule has 1 aromatic carbocycles. The Balaban J connectivity index is 2.08. The molecule has 0 N–H and O–H groups in total. The van der Waals surface area contributed by atoms with E-state index in [9.17, 15) is 9.18 Å². The molecule has 2 rings (SSSR count). The number of ether oxygens (including phenoxy) is 1. The number of rotatable bonds is 5. The molecule has 1 heterocycles. The summed E-state index contributed by atoms with van der Waals surface area (Å²) >= 11 is 6.15. The average molecular weight is 328 g/mol. The Morgan fingerprint density at radius 3 is 3.00 bits per heavy atom. The predicted octanol–water partition coefficient (Wildman–Crippen LogP) is 4.07. The maximum Gasteiger partial charge on any atom is 0.258 e. The van der Waals surface area contributed by atoms with Crippen molar-refractivity contribution in [1.82, 2.24) is 4.90 Å². The van der Waals surface area contributed by atoms with Gasteiger partial charge < -0.3 is 9.64 Å². The number of nitrogens with zero attached hydrogens (tertiary/aromatic N) is 1. The van der Waals surface area contributed by atoms with Gasteiger partial charge in [0.15, 0.2) is 0 Å². The lowest BCUT2D eigenvalue weighted by Gasteiger charge is -2.33. The molecule has 0 unspecified atom stereocenters. The Kier molecular flexibility index (Phi) is 6.21. The highest BCUT2D eigenvalue weighted by molar-refractivity contribution is 6.34. The van der Waals surface area contributed by atoms with Gasteiger partial charge in [0.2, 0.25) is 0 Å². The first-order chi connectivity index (χ1) is 10.5. The van der Waals surface area contributed by atoms with Crippen molar-refractivity contribution in [3.8, 4) is 0 Å². The Hall–Kier alpha value is -1.13. The van der Waals surface area contributed by atoms with Crippen molar-refractivity contribution in [2.24, 2.45) is 5.92 Å². The second-order valence-corrected chi connectivity index (χ2v) is 6.33. The topological polar surface area (TPSA) is 29.5 Å². The first-order valence-electron chi connectivity index (χ1n) is 7.77. The number of carbonyl (C=O) groups is 1. The van der Waals surface area contributed by atoms with E-state index in [4.69, 9.17) is 16.3 Å². The van der Waals surface area contributed by atoms with Crippen LogP contribution in [0.25, 0.3) is 0 Å². The number of methoxy groups -OCH3 is 1. The van der Waals surface area contributed by atoms with Crippen LogP contribution in [0, 0.1) is 18.7 Å². The van der Waals surface area contributed by atoms with E-state index in [1.807, 2.05) is 0 Å². The molecular weight excluding hydrogens is 305 g/mol. The standard InChI is InChI=1S/C17H23ClFNO2/c1-12-7-8-14(19)15(16(12)18)17(21)20-9-3-5-13(11-20)6-4-10-22-2/h7-8,13H,3-6,9-11H2,1-2H3/t13-/m1/s1. The van der Waals surface area contributed by atoms with Crippen molar-refractivity contribution in [2.75, 3.05) is 26.8 Å². The quantitative estimate of drug-likeness (QED) is 0.763. The van der Waals surface area contributed by atoms with E-state index < -0.39 is 5.82 Å². The fourth-order valence-electron chi connectivity index (χ4n) is 3.01. The first kappa shape index (κ1) is 17.2. The van der Waals surface area contributed by atoms with Gasteiger partial charge in [-0.05, 0) is 50.2 Å². The van der Waals surface area contributed by atoms with Gasteiger partial charge in [0.05, 0.1) is 10.6 Å². The van der Waals surface area contributed by atoms with Crippen LogP contribution >= 0.6 is 11.6 Å². The number of amides is 1. The minimum absolute atomic E-state index is 0.0132. The van der Waals surface area contributed by atoms with Gasteiger partial charge in [0, 0.05) is 26.8 Å². The zero-order valence-corrected chi connectivity index (χ0v) is 14.0. The molecular formula is C17H23ClFNO2. The third-order valence-corrected chi connectivity index (χ3v) is 4.75. The van der Waals surface area contributed by atoms with E-state index in [1.165, 1.54) is 6.07 Å². The number of hydrogen-bond acceptors (Lipinski definition) is 2. The number of aryl methyl sites for hydroxylation is 1. The predicted molar refractivity (Wildman–Crippen MR) is 85.9 cm³/mol. The van der Waals surface area contributed by atoms with E-state index in [0.29, 0.717) is 19.0 Å². The minimum atomic E-state index is -0.540. The molecule has 1 aliphatic heterocycles. The van der Waals surface area contributed by atoms with Crippen molar-refractivity contribution in [3.05, 3.63) is 34.1 Å². The molecule has 1 saturated heterocycles. The van der Waals surface area contributed by atoms with Crippen molar-refractivity contribution < 1.29 is 13.9 Å². The Labute approximate surface area is 136 Å². The number of hydrogen-bond donors (Lipinski definition) is 0. The Morgan fingerprint density at radius 2 is 2.27 bits per heavy atom. The molecule has 22 heavy (non-hydrogen) atoms. The molecule has 0 radical (unpaired) electrons. The highest BCUT2D eigenvalue weighted by Crippen LogP contribution is 2.28. The van der Waals surface area contributed by atoms with Crippen LogP contribution in [0.5, 0.6) is 0 Å². The van der Waals surface area contributed by atoms with Crippen LogP contribution in [0.3, 0.4) is 0 Å². The van der Waals surface area contributed by atoms with Crippen molar-refractivity contribution in [2.45, 2.75) is 32.6 Å². The highest BCUT2D eigenvalue weighted by Gasteiger charge is 2.27. The van der Waals surface area contributed by atoms with Gasteiger partial charge in [-0.15, -0.1) is 0 Å². The minimum Gasteiger partial charge on any atom is -0.385 e. The van der Waals surface area contributed by atoms with Crippen LogP contribution in [0.4, 0.5) is 4.39 Å². The summed E-state index contributed by atoms with van der Waals surface area (Å²) in [4.78, 5) is 14.4. The van der Waals surface area contributed by atoms with E-state index >= 15 is 0 Å². The van der Waals surface area contributed by atoms with Gasteiger partial charge in [-0.1, -0.05) is 17.7 Å². The second-order valence-electron chi connectivity index (χ2n) is 5.95. The lowest BCUT2D eigenvalue weighted by molar-refractivity contribution is 0.0656. The molecule has 1 aromatic rings. The van der Waals surface area contributed by atoms with E-state index in [0.717, 1.165) is 37.9 Å². The molecule has 1 aliphatic rings. The molecule has 0 bridgehead atoms. The monoisotopic (exact) mass is 327 g/mol. The van der Waals surface area contributed by atoms with Gasteiger partial charge in [-0.3, -0.25) is 4.79 Å². The van der Waals surface area contributed by atoms with E-state index in [2.05, 4.69) is 0 Å². The summed E-state index contributed by atoms with van der Waals surface area (Å²) in [5.41, 5.74) is 0.735. The summed E-state index contributed by atoms with van der Waals surface area (Å²) in [5, 5.41) is 0.228. The fourth-order valence-corrected chi connectivity index (χ4v) is 3.25. The number of halogens is 2. The second kappa shape index (κ2) is 7.93. The lowest BCUT2D eigenvalue weighted by Crippen LogP contribution is -2.40. The van der Waals surface area contributed by atoms with Crippen molar-refractivity contribution in [1.29, 1.82) is 0 Å². The summed E-state index contributed by atoms with van der Waals surface area (Å²) in [6.45, 7) is 3.86. The molecule has 122 valence electrons. The zero-order valence-electron chi connectivity index (χ0n) is 13.2. The molecule has 0 spiro atoms. The van der Waals surface area contributed by atoms with Gasteiger partial charge >= 0.3 is 0 Å². The van der Waals surface area contributed by atoms with Crippen LogP contribution in [-0.2, 0) is 4.74 Å². The number of carbonyl (C=O) groups excluding carboxylic acids is 1. The maximum atomic E-state index is 14.0. The molecule has 5 heteroatoms. The van der Waals surface area contributed by atoms with Crippen LogP contribution in [0.1, 0.15) is 41.6 Å². The molecule has 0 aliphatic carbocycles. The van der Waals surface area contributed by atoms with Gasteiger partial charge in [-0.25, -0.2) is 4.39 Å². The normalized spacial score (nSPS) is 18.5. The third kappa shape index (κ3) is 3.99. The van der Waals surface area contributed by atoms with Gasteiger partial charge in [0.1, 0.15) is 5.82 Å².